The fourth-order valence-corrected chi connectivity index (χ4v) is 10.5. The van der Waals surface area contributed by atoms with Gasteiger partial charge in [0, 0.05) is 12.8 Å². The van der Waals surface area contributed by atoms with Crippen molar-refractivity contribution in [3.63, 3.8) is 0 Å². The molecule has 0 radical (unpaired) electrons. The zero-order chi connectivity index (χ0) is 56.4. The van der Waals surface area contributed by atoms with Crippen molar-refractivity contribution in [3.8, 4) is 0 Å². The quantitative estimate of drug-likeness (QED) is 0.0320. The van der Waals surface area contributed by atoms with E-state index in [4.69, 9.17) is 4.74 Å². The summed E-state index contributed by atoms with van der Waals surface area (Å²) >= 11 is 0. The maximum Gasteiger partial charge on any atom is 0.305 e. The third-order valence-corrected chi connectivity index (χ3v) is 15.8. The Morgan fingerprint density at radius 2 is 0.641 bits per heavy atom. The normalized spacial score (nSPS) is 12.9. The van der Waals surface area contributed by atoms with E-state index in [2.05, 4.69) is 67.8 Å². The summed E-state index contributed by atoms with van der Waals surface area (Å²) in [6.07, 6.45) is 88.5. The number of hydrogen-bond donors (Lipinski definition) is 3. The first kappa shape index (κ1) is 75.6. The van der Waals surface area contributed by atoms with Crippen LogP contribution in [0.15, 0.2) is 60.8 Å². The summed E-state index contributed by atoms with van der Waals surface area (Å²) in [4.78, 5) is 24.6. The summed E-state index contributed by atoms with van der Waals surface area (Å²) in [6, 6.07) is -0.635. The van der Waals surface area contributed by atoms with E-state index in [0.717, 1.165) is 57.8 Å². The van der Waals surface area contributed by atoms with Crippen molar-refractivity contribution in [3.05, 3.63) is 60.8 Å². The molecule has 0 aliphatic heterocycles. The predicted octanol–water partition coefficient (Wildman–Crippen LogP) is 22.3. The maximum absolute atomic E-state index is 12.5. The van der Waals surface area contributed by atoms with Gasteiger partial charge in [-0.1, -0.05) is 312 Å². The third kappa shape index (κ3) is 62.8. The van der Waals surface area contributed by atoms with Gasteiger partial charge < -0.3 is 20.3 Å². The highest BCUT2D eigenvalue weighted by Gasteiger charge is 2.18. The molecule has 0 spiro atoms. The number of carbonyl (C=O) groups excluding carboxylic acids is 2. The van der Waals surface area contributed by atoms with Crippen LogP contribution in [0.2, 0.25) is 0 Å². The first-order chi connectivity index (χ1) is 38.5. The maximum atomic E-state index is 12.5. The van der Waals surface area contributed by atoms with Gasteiger partial charge in [0.2, 0.25) is 5.91 Å². The average Bonchev–Trinajstić information content (AvgIpc) is 3.44. The van der Waals surface area contributed by atoms with Crippen LogP contribution in [0.5, 0.6) is 0 Å². The second-order valence-electron chi connectivity index (χ2n) is 23.5. The van der Waals surface area contributed by atoms with E-state index in [0.29, 0.717) is 19.4 Å². The van der Waals surface area contributed by atoms with Gasteiger partial charge in [-0.15, -0.1) is 0 Å². The smallest absolute Gasteiger partial charge is 0.305 e. The van der Waals surface area contributed by atoms with E-state index in [1.54, 1.807) is 6.08 Å². The molecule has 0 rings (SSSR count). The molecule has 0 bridgehead atoms. The number of aliphatic hydroxyl groups is 2. The Morgan fingerprint density at radius 3 is 1.00 bits per heavy atom. The summed E-state index contributed by atoms with van der Waals surface area (Å²) in [5, 5.41) is 23.2. The molecular formula is C72H133NO5. The second kappa shape index (κ2) is 67.1. The minimum Gasteiger partial charge on any atom is -0.466 e. The van der Waals surface area contributed by atoms with E-state index in [1.807, 2.05) is 6.08 Å². The molecule has 6 nitrogen and oxygen atoms in total. The van der Waals surface area contributed by atoms with E-state index in [-0.39, 0.29) is 18.5 Å². The van der Waals surface area contributed by atoms with Crippen LogP contribution in [0.25, 0.3) is 0 Å². The summed E-state index contributed by atoms with van der Waals surface area (Å²) < 4.78 is 5.49. The van der Waals surface area contributed by atoms with Crippen molar-refractivity contribution in [1.29, 1.82) is 0 Å². The van der Waals surface area contributed by atoms with Crippen LogP contribution in [0.1, 0.15) is 361 Å². The lowest BCUT2D eigenvalue weighted by Gasteiger charge is -2.20. The van der Waals surface area contributed by atoms with Crippen LogP contribution in [0.3, 0.4) is 0 Å². The fourth-order valence-electron chi connectivity index (χ4n) is 10.5. The fraction of sp³-hybridized carbons (Fsp3) is 0.833. The highest BCUT2D eigenvalue weighted by atomic mass is 16.5. The summed E-state index contributed by atoms with van der Waals surface area (Å²) in [5.74, 6) is -0.0716. The molecule has 456 valence electrons. The lowest BCUT2D eigenvalue weighted by molar-refractivity contribution is -0.143. The van der Waals surface area contributed by atoms with E-state index in [1.165, 1.54) is 276 Å². The Bertz CT molecular complexity index is 1350. The van der Waals surface area contributed by atoms with E-state index >= 15 is 0 Å². The van der Waals surface area contributed by atoms with Crippen LogP contribution in [-0.2, 0) is 14.3 Å². The Labute approximate surface area is 486 Å². The summed E-state index contributed by atoms with van der Waals surface area (Å²) in [5.41, 5.74) is 0. The number of hydrogen-bond acceptors (Lipinski definition) is 5. The molecule has 1 amide bonds. The lowest BCUT2D eigenvalue weighted by atomic mass is 10.0. The van der Waals surface area contributed by atoms with Gasteiger partial charge in [0.15, 0.2) is 0 Å². The van der Waals surface area contributed by atoms with Crippen molar-refractivity contribution in [1.82, 2.24) is 5.32 Å². The topological polar surface area (TPSA) is 95.9 Å². The molecule has 0 fully saturated rings. The summed E-state index contributed by atoms with van der Waals surface area (Å²) in [6.45, 7) is 4.89. The highest BCUT2D eigenvalue weighted by molar-refractivity contribution is 5.76. The van der Waals surface area contributed by atoms with Crippen LogP contribution in [0, 0.1) is 0 Å². The van der Waals surface area contributed by atoms with Crippen LogP contribution in [-0.4, -0.2) is 47.4 Å². The van der Waals surface area contributed by atoms with Crippen molar-refractivity contribution in [2.45, 2.75) is 373 Å². The number of aliphatic hydroxyl groups excluding tert-OH is 2. The van der Waals surface area contributed by atoms with Gasteiger partial charge in [-0.2, -0.15) is 0 Å². The molecule has 0 aromatic heterocycles. The van der Waals surface area contributed by atoms with Crippen molar-refractivity contribution in [2.75, 3.05) is 13.2 Å². The number of nitrogens with one attached hydrogen (secondary N) is 1. The monoisotopic (exact) mass is 1090 g/mol. The molecule has 0 saturated carbocycles. The SMILES string of the molecule is CCCCC/C=C\C/C=C\CCCCCCCCCC(=O)OCCCCCCCCCCC/C=C\C/C=C\CCCCCCCCCCCC(=O)NC(CO)C(O)/C=C/CCCCCCCCCCCCCCCCCCC. The molecule has 0 aliphatic rings. The van der Waals surface area contributed by atoms with Gasteiger partial charge in [-0.05, 0) is 96.3 Å². The standard InChI is InChI=1S/C72H133NO5/c1-3-5-7-9-11-13-15-17-19-21-29-33-36-40-44-48-52-56-60-64-70(75)69(68-74)73-71(76)65-61-57-53-49-45-41-37-34-30-27-25-23-22-24-26-28-31-35-39-43-47-51-55-59-63-67-78-72(77)66-62-58-54-50-46-42-38-32-20-18-16-14-12-10-8-6-4-2/h12,14,18,20,23-26,60,64,69-70,74-75H,3-11,13,15-17,19,21-22,27-59,61-63,65-68H2,1-2H3,(H,73,76)/b14-12-,20-18-,25-23-,26-24-,64-60+. The number of allylic oxidation sites excluding steroid dienone is 9. The molecule has 6 heteroatoms. The lowest BCUT2D eigenvalue weighted by Crippen LogP contribution is -2.45. The van der Waals surface area contributed by atoms with Crippen LogP contribution < -0.4 is 5.32 Å². The molecule has 2 unspecified atom stereocenters. The van der Waals surface area contributed by atoms with Crippen LogP contribution in [0.4, 0.5) is 0 Å². The Kier molecular flexibility index (Phi) is 65.0. The number of ether oxygens (including phenoxy) is 1. The zero-order valence-electron chi connectivity index (χ0n) is 52.1. The number of unbranched alkanes of at least 4 members (excludes halogenated alkanes) is 45. The third-order valence-electron chi connectivity index (χ3n) is 15.8. The highest BCUT2D eigenvalue weighted by Crippen LogP contribution is 2.17. The molecular weight excluding hydrogens is 959 g/mol. The van der Waals surface area contributed by atoms with Crippen LogP contribution >= 0.6 is 0 Å². The largest absolute Gasteiger partial charge is 0.466 e. The predicted molar refractivity (Wildman–Crippen MR) is 342 cm³/mol. The van der Waals surface area contributed by atoms with Gasteiger partial charge in [0.25, 0.3) is 0 Å². The first-order valence-electron chi connectivity index (χ1n) is 34.6. The molecule has 3 N–H and O–H groups in total. The first-order valence-corrected chi connectivity index (χ1v) is 34.6. The minimum absolute atomic E-state index is 0.000635. The van der Waals surface area contributed by atoms with Gasteiger partial charge >= 0.3 is 5.97 Å². The van der Waals surface area contributed by atoms with Gasteiger partial charge in [-0.25, -0.2) is 0 Å². The summed E-state index contributed by atoms with van der Waals surface area (Å²) in [7, 11) is 0. The Morgan fingerprint density at radius 1 is 0.359 bits per heavy atom. The molecule has 78 heavy (non-hydrogen) atoms. The van der Waals surface area contributed by atoms with E-state index in [9.17, 15) is 19.8 Å². The van der Waals surface area contributed by atoms with Crippen molar-refractivity contribution in [2.24, 2.45) is 0 Å². The average molecular weight is 1090 g/mol. The molecule has 0 aromatic rings. The van der Waals surface area contributed by atoms with E-state index < -0.39 is 12.1 Å². The number of esters is 1. The van der Waals surface area contributed by atoms with Crippen molar-refractivity contribution >= 4 is 11.9 Å². The number of carbonyl (C=O) groups is 2. The molecule has 0 aliphatic carbocycles. The molecule has 0 saturated heterocycles. The van der Waals surface area contributed by atoms with Gasteiger partial charge in [-0.3, -0.25) is 9.59 Å². The molecule has 0 aromatic carbocycles. The number of amides is 1. The second-order valence-corrected chi connectivity index (χ2v) is 23.5. The molecule has 0 heterocycles. The van der Waals surface area contributed by atoms with Gasteiger partial charge in [0.1, 0.15) is 0 Å². The molecule has 2 atom stereocenters. The van der Waals surface area contributed by atoms with Gasteiger partial charge in [0.05, 0.1) is 25.4 Å². The zero-order valence-corrected chi connectivity index (χ0v) is 52.1. The van der Waals surface area contributed by atoms with Crippen molar-refractivity contribution < 1.29 is 24.5 Å². The Hall–Kier alpha value is -2.44. The minimum atomic E-state index is -0.851. The number of rotatable bonds is 64. The Balaban J connectivity index is 3.46.